The molecular formula is C37H23N5O. The number of nitrogens with zero attached hydrogens (tertiary/aromatic N) is 5. The van der Waals surface area contributed by atoms with E-state index >= 15 is 0 Å². The SMILES string of the molecule is C1=CC(c2nc(-n3c4ccccc4c4c5c6ccccc6n6c5c(cc43)Oc3ccccc3-6)nc3ccccc23)=NCC1. The zero-order valence-electron chi connectivity index (χ0n) is 23.0. The highest BCUT2D eigenvalue weighted by Gasteiger charge is 2.28. The van der Waals surface area contributed by atoms with Crippen molar-refractivity contribution in [2.24, 2.45) is 4.99 Å². The third-order valence-electron chi connectivity index (χ3n) is 8.75. The van der Waals surface area contributed by atoms with Crippen LogP contribution in [0.3, 0.4) is 0 Å². The lowest BCUT2D eigenvalue weighted by molar-refractivity contribution is 0.477. The van der Waals surface area contributed by atoms with Crippen molar-refractivity contribution in [2.45, 2.75) is 6.42 Å². The standard InChI is InChI=1S/C37H23N5O/c1-4-14-25-22(11-1)35(26-15-9-10-20-38-26)40-37(39-25)42-28-17-6-2-12-23(28)33-30(42)21-32-36-34(33)24-13-3-5-16-27(24)41(36)29-18-7-8-19-31(29)43-32/h1-9,11-19,21H,10,20H2. The number of fused-ring (bicyclic) bond motifs is 10. The first kappa shape index (κ1) is 22.9. The number of dihydropyridines is 1. The van der Waals surface area contributed by atoms with Crippen LogP contribution >= 0.6 is 0 Å². The summed E-state index contributed by atoms with van der Waals surface area (Å²) in [6, 6.07) is 35.8. The van der Waals surface area contributed by atoms with Crippen molar-refractivity contribution in [3.8, 4) is 23.1 Å². The maximum absolute atomic E-state index is 6.66. The van der Waals surface area contributed by atoms with E-state index in [1.54, 1.807) is 0 Å². The molecule has 5 aromatic carbocycles. The van der Waals surface area contributed by atoms with Gasteiger partial charge in [0.15, 0.2) is 11.5 Å². The van der Waals surface area contributed by atoms with Crippen LogP contribution in [0.25, 0.3) is 66.2 Å². The van der Waals surface area contributed by atoms with Crippen LogP contribution in [0, 0.1) is 0 Å². The molecule has 6 nitrogen and oxygen atoms in total. The van der Waals surface area contributed by atoms with E-state index < -0.39 is 0 Å². The zero-order valence-corrected chi connectivity index (χ0v) is 23.0. The Labute approximate surface area is 245 Å². The van der Waals surface area contributed by atoms with Gasteiger partial charge in [0, 0.05) is 39.5 Å². The molecule has 0 bridgehead atoms. The molecule has 202 valence electrons. The van der Waals surface area contributed by atoms with Crippen LogP contribution in [-0.2, 0) is 0 Å². The molecule has 2 aliphatic heterocycles. The highest BCUT2D eigenvalue weighted by molar-refractivity contribution is 6.30. The zero-order chi connectivity index (χ0) is 28.1. The average Bonchev–Trinajstić information content (AvgIpc) is 3.59. The van der Waals surface area contributed by atoms with Crippen LogP contribution in [-0.4, -0.2) is 31.4 Å². The van der Waals surface area contributed by atoms with E-state index in [4.69, 9.17) is 19.7 Å². The first-order valence-corrected chi connectivity index (χ1v) is 14.6. The van der Waals surface area contributed by atoms with Crippen LogP contribution < -0.4 is 4.74 Å². The number of rotatable bonds is 2. The predicted molar refractivity (Wildman–Crippen MR) is 173 cm³/mol. The Morgan fingerprint density at radius 3 is 2.19 bits per heavy atom. The van der Waals surface area contributed by atoms with Gasteiger partial charge in [-0.15, -0.1) is 0 Å². The molecule has 8 aromatic rings. The first-order chi connectivity index (χ1) is 21.3. The van der Waals surface area contributed by atoms with Gasteiger partial charge in [-0.1, -0.05) is 72.8 Å². The predicted octanol–water partition coefficient (Wildman–Crippen LogP) is 8.68. The van der Waals surface area contributed by atoms with Gasteiger partial charge in [-0.05, 0) is 42.8 Å². The Hall–Kier alpha value is -5.75. The summed E-state index contributed by atoms with van der Waals surface area (Å²) in [5.41, 5.74) is 7.98. The fourth-order valence-electron chi connectivity index (χ4n) is 6.99. The quantitative estimate of drug-likeness (QED) is 0.215. The van der Waals surface area contributed by atoms with Crippen LogP contribution in [0.4, 0.5) is 0 Å². The van der Waals surface area contributed by atoms with Crippen LogP contribution in [0.15, 0.2) is 120 Å². The third-order valence-corrected chi connectivity index (χ3v) is 8.75. The molecule has 2 aliphatic rings. The highest BCUT2D eigenvalue weighted by atomic mass is 16.5. The van der Waals surface area contributed by atoms with Gasteiger partial charge in [0.2, 0.25) is 5.95 Å². The van der Waals surface area contributed by atoms with E-state index in [1.807, 2.05) is 24.3 Å². The number of para-hydroxylation sites is 5. The first-order valence-electron chi connectivity index (χ1n) is 14.6. The van der Waals surface area contributed by atoms with Crippen molar-refractivity contribution in [3.63, 3.8) is 0 Å². The fourth-order valence-corrected chi connectivity index (χ4v) is 6.99. The van der Waals surface area contributed by atoms with Crippen LogP contribution in [0.5, 0.6) is 11.5 Å². The number of allylic oxidation sites excluding steroid dienone is 1. The van der Waals surface area contributed by atoms with Gasteiger partial charge < -0.3 is 9.30 Å². The largest absolute Gasteiger partial charge is 0.453 e. The van der Waals surface area contributed by atoms with E-state index in [0.29, 0.717) is 5.95 Å². The van der Waals surface area contributed by atoms with Gasteiger partial charge in [-0.25, -0.2) is 9.97 Å². The lowest BCUT2D eigenvalue weighted by Gasteiger charge is -2.21. The van der Waals surface area contributed by atoms with Crippen LogP contribution in [0.2, 0.25) is 0 Å². The average molecular weight is 554 g/mol. The second kappa shape index (κ2) is 8.39. The summed E-state index contributed by atoms with van der Waals surface area (Å²) in [5.74, 6) is 2.28. The fraction of sp³-hybridized carbons (Fsp3) is 0.0541. The minimum absolute atomic E-state index is 0.619. The molecule has 0 radical (unpaired) electrons. The summed E-state index contributed by atoms with van der Waals surface area (Å²) in [6.45, 7) is 0.763. The lowest BCUT2D eigenvalue weighted by Crippen LogP contribution is -2.11. The number of aliphatic imine (C=N–C) groups is 1. The molecule has 0 unspecified atom stereocenters. The van der Waals surface area contributed by atoms with Crippen molar-refractivity contribution in [3.05, 3.63) is 121 Å². The van der Waals surface area contributed by atoms with Gasteiger partial charge in [-0.3, -0.25) is 9.56 Å². The van der Waals surface area contributed by atoms with Crippen molar-refractivity contribution in [2.75, 3.05) is 6.54 Å². The lowest BCUT2D eigenvalue weighted by atomic mass is 10.0. The molecule has 0 aliphatic carbocycles. The van der Waals surface area contributed by atoms with Crippen molar-refractivity contribution in [1.82, 2.24) is 19.1 Å². The second-order valence-corrected chi connectivity index (χ2v) is 11.1. The minimum atomic E-state index is 0.619. The number of ether oxygens (including phenoxy) is 1. The molecule has 6 heteroatoms. The van der Waals surface area contributed by atoms with Crippen molar-refractivity contribution >= 4 is 60.2 Å². The van der Waals surface area contributed by atoms with E-state index in [2.05, 4.69) is 100 Å². The Morgan fingerprint density at radius 2 is 1.35 bits per heavy atom. The Morgan fingerprint density at radius 1 is 0.628 bits per heavy atom. The smallest absolute Gasteiger partial charge is 0.235 e. The molecule has 3 aromatic heterocycles. The molecular weight excluding hydrogens is 530 g/mol. The van der Waals surface area contributed by atoms with Gasteiger partial charge in [0.05, 0.1) is 39.0 Å². The molecule has 43 heavy (non-hydrogen) atoms. The van der Waals surface area contributed by atoms with Crippen molar-refractivity contribution in [1.29, 1.82) is 0 Å². The number of hydrogen-bond acceptors (Lipinski definition) is 4. The number of hydrogen-bond donors (Lipinski definition) is 0. The van der Waals surface area contributed by atoms with Crippen molar-refractivity contribution < 1.29 is 4.74 Å². The Balaban J connectivity index is 1.39. The highest BCUT2D eigenvalue weighted by Crippen LogP contribution is 2.50. The summed E-state index contributed by atoms with van der Waals surface area (Å²) < 4.78 is 11.2. The topological polar surface area (TPSA) is 57.2 Å². The second-order valence-electron chi connectivity index (χ2n) is 11.1. The molecule has 0 saturated heterocycles. The van der Waals surface area contributed by atoms with Crippen LogP contribution in [0.1, 0.15) is 12.1 Å². The van der Waals surface area contributed by atoms with Gasteiger partial charge >= 0.3 is 0 Å². The van der Waals surface area contributed by atoms with Gasteiger partial charge in [0.25, 0.3) is 0 Å². The number of aromatic nitrogens is 4. The molecule has 0 saturated carbocycles. The maximum atomic E-state index is 6.66. The normalized spacial score (nSPS) is 14.1. The summed E-state index contributed by atoms with van der Waals surface area (Å²) in [5, 5.41) is 5.68. The number of benzene rings is 5. The summed E-state index contributed by atoms with van der Waals surface area (Å²) in [4.78, 5) is 15.2. The van der Waals surface area contributed by atoms with E-state index in [1.165, 1.54) is 16.2 Å². The molecule has 0 spiro atoms. The Bertz CT molecular complexity index is 2550. The summed E-state index contributed by atoms with van der Waals surface area (Å²) >= 11 is 0. The van der Waals surface area contributed by atoms with Gasteiger partial charge in [-0.2, -0.15) is 0 Å². The molecule has 5 heterocycles. The van der Waals surface area contributed by atoms with Gasteiger partial charge in [0.1, 0.15) is 5.69 Å². The minimum Gasteiger partial charge on any atom is -0.453 e. The van der Waals surface area contributed by atoms with E-state index in [0.717, 1.165) is 79.9 Å². The Kier molecular flexibility index (Phi) is 4.47. The van der Waals surface area contributed by atoms with E-state index in [-0.39, 0.29) is 0 Å². The summed E-state index contributed by atoms with van der Waals surface area (Å²) in [7, 11) is 0. The molecule has 0 atom stereocenters. The molecule has 10 rings (SSSR count). The maximum Gasteiger partial charge on any atom is 0.235 e. The molecule has 0 fully saturated rings. The molecule has 0 N–H and O–H groups in total. The van der Waals surface area contributed by atoms with E-state index in [9.17, 15) is 0 Å². The summed E-state index contributed by atoms with van der Waals surface area (Å²) in [6.07, 6.45) is 5.20. The monoisotopic (exact) mass is 553 g/mol. The molecule has 0 amide bonds. The third kappa shape index (κ3) is 3.04.